The lowest BCUT2D eigenvalue weighted by molar-refractivity contribution is 0.493. The number of imidazole rings is 1. The van der Waals surface area contributed by atoms with Gasteiger partial charge in [0.1, 0.15) is 0 Å². The van der Waals surface area contributed by atoms with E-state index >= 15 is 0 Å². The number of hydrogen-bond acceptors (Lipinski definition) is 1. The van der Waals surface area contributed by atoms with Crippen LogP contribution >= 0.6 is 12.2 Å². The average molecular weight is 232 g/mol. The first-order chi connectivity index (χ1) is 7.66. The summed E-state index contributed by atoms with van der Waals surface area (Å²) in [6, 6.07) is 7.03. The lowest BCUT2D eigenvalue weighted by Crippen LogP contribution is -2.06. The second-order valence-electron chi connectivity index (χ2n) is 4.90. The molecular formula is C13H16N2S. The van der Waals surface area contributed by atoms with E-state index in [9.17, 15) is 0 Å². The van der Waals surface area contributed by atoms with Crippen LogP contribution in [0.15, 0.2) is 18.2 Å². The molecule has 0 radical (unpaired) electrons. The van der Waals surface area contributed by atoms with E-state index in [0.717, 1.165) is 16.2 Å². The average Bonchev–Trinajstić information content (AvgIpc) is 3.01. The highest BCUT2D eigenvalue weighted by Gasteiger charge is 2.30. The monoisotopic (exact) mass is 232 g/mol. The zero-order valence-corrected chi connectivity index (χ0v) is 10.5. The first-order valence-corrected chi connectivity index (χ1v) is 6.28. The van der Waals surface area contributed by atoms with Crippen LogP contribution in [0.3, 0.4) is 0 Å². The Bertz CT molecular complexity index is 589. The van der Waals surface area contributed by atoms with Crippen molar-refractivity contribution >= 4 is 23.3 Å². The maximum atomic E-state index is 5.43. The van der Waals surface area contributed by atoms with Crippen molar-refractivity contribution in [1.82, 2.24) is 9.55 Å². The number of hydrogen-bond donors (Lipinski definition) is 1. The van der Waals surface area contributed by atoms with Gasteiger partial charge in [0.25, 0.3) is 0 Å². The lowest BCUT2D eigenvalue weighted by Gasteiger charge is -2.13. The summed E-state index contributed by atoms with van der Waals surface area (Å²) in [5.41, 5.74) is 3.68. The van der Waals surface area contributed by atoms with E-state index in [1.807, 2.05) is 0 Å². The maximum absolute atomic E-state index is 5.43. The minimum absolute atomic E-state index is 0.531. The van der Waals surface area contributed by atoms with Crippen LogP contribution in [0.25, 0.3) is 11.0 Å². The quantitative estimate of drug-likeness (QED) is 0.777. The molecule has 1 aliphatic carbocycles. The molecule has 1 fully saturated rings. The Balaban J connectivity index is 2.22. The highest BCUT2D eigenvalue weighted by Crippen LogP contribution is 2.40. The van der Waals surface area contributed by atoms with Crippen LogP contribution in [0.5, 0.6) is 0 Å². The van der Waals surface area contributed by atoms with Crippen LogP contribution in [0.2, 0.25) is 0 Å². The van der Waals surface area contributed by atoms with Crippen molar-refractivity contribution in [2.45, 2.75) is 32.7 Å². The number of aryl methyl sites for hydroxylation is 1. The fourth-order valence-corrected chi connectivity index (χ4v) is 2.81. The van der Waals surface area contributed by atoms with Crippen LogP contribution in [0.4, 0.5) is 0 Å². The molecule has 16 heavy (non-hydrogen) atoms. The Morgan fingerprint density at radius 2 is 2.19 bits per heavy atom. The molecule has 84 valence electrons. The van der Waals surface area contributed by atoms with Gasteiger partial charge in [0, 0.05) is 6.04 Å². The molecule has 1 unspecified atom stereocenters. The van der Waals surface area contributed by atoms with E-state index in [0.29, 0.717) is 6.04 Å². The number of aromatic nitrogens is 2. The molecule has 2 nitrogen and oxygen atoms in total. The molecule has 1 aromatic carbocycles. The fraction of sp³-hybridized carbons (Fsp3) is 0.462. The second kappa shape index (κ2) is 3.45. The summed E-state index contributed by atoms with van der Waals surface area (Å²) in [6.45, 7) is 4.39. The number of benzene rings is 1. The van der Waals surface area contributed by atoms with Crippen molar-refractivity contribution < 1.29 is 0 Å². The highest BCUT2D eigenvalue weighted by atomic mass is 32.1. The molecule has 0 aliphatic heterocycles. The Hall–Kier alpha value is -1.09. The normalized spacial score (nSPS) is 17.9. The number of aromatic amines is 1. The van der Waals surface area contributed by atoms with Crippen molar-refractivity contribution in [3.63, 3.8) is 0 Å². The van der Waals surface area contributed by atoms with Crippen molar-refractivity contribution in [2.75, 3.05) is 0 Å². The summed E-state index contributed by atoms with van der Waals surface area (Å²) >= 11 is 5.43. The van der Waals surface area contributed by atoms with Gasteiger partial charge in [-0.3, -0.25) is 0 Å². The summed E-state index contributed by atoms with van der Waals surface area (Å²) in [5, 5.41) is 0. The summed E-state index contributed by atoms with van der Waals surface area (Å²) in [6.07, 6.45) is 2.70. The number of nitrogens with one attached hydrogen (secondary N) is 1. The second-order valence-corrected chi connectivity index (χ2v) is 5.29. The van der Waals surface area contributed by atoms with Gasteiger partial charge in [-0.05, 0) is 62.5 Å². The summed E-state index contributed by atoms with van der Waals surface area (Å²) in [7, 11) is 0. The molecule has 1 saturated carbocycles. The third-order valence-electron chi connectivity index (χ3n) is 3.58. The van der Waals surface area contributed by atoms with E-state index in [2.05, 4.69) is 41.6 Å². The lowest BCUT2D eigenvalue weighted by atomic mass is 10.2. The Morgan fingerprint density at radius 1 is 1.44 bits per heavy atom. The summed E-state index contributed by atoms with van der Waals surface area (Å²) in [4.78, 5) is 3.31. The zero-order chi connectivity index (χ0) is 11.3. The number of H-pyrrole nitrogens is 1. The molecule has 1 atom stereocenters. The molecular weight excluding hydrogens is 216 g/mol. The van der Waals surface area contributed by atoms with Gasteiger partial charge in [-0.2, -0.15) is 0 Å². The van der Waals surface area contributed by atoms with Gasteiger partial charge in [0.2, 0.25) is 0 Å². The first-order valence-electron chi connectivity index (χ1n) is 5.87. The zero-order valence-electron chi connectivity index (χ0n) is 9.66. The van der Waals surface area contributed by atoms with E-state index in [4.69, 9.17) is 12.2 Å². The van der Waals surface area contributed by atoms with Gasteiger partial charge in [-0.1, -0.05) is 6.07 Å². The standard InChI is InChI=1S/C13H16N2S/c1-8-3-6-12-11(7-8)14-13(16)15(12)9(2)10-4-5-10/h3,6-7,9-10H,4-5H2,1-2H3,(H,14,16). The first kappa shape index (κ1) is 10.1. The third kappa shape index (κ3) is 1.50. The number of rotatable bonds is 2. The Kier molecular flexibility index (Phi) is 2.18. The van der Waals surface area contributed by atoms with E-state index < -0.39 is 0 Å². The van der Waals surface area contributed by atoms with Crippen LogP contribution < -0.4 is 0 Å². The smallest absolute Gasteiger partial charge is 0.178 e. The van der Waals surface area contributed by atoms with Gasteiger partial charge in [0.05, 0.1) is 11.0 Å². The van der Waals surface area contributed by atoms with Crippen molar-refractivity contribution in [1.29, 1.82) is 0 Å². The van der Waals surface area contributed by atoms with E-state index in [1.54, 1.807) is 0 Å². The number of fused-ring (bicyclic) bond motifs is 1. The molecule has 1 N–H and O–H groups in total. The molecule has 1 aliphatic rings. The molecule has 0 saturated heterocycles. The fourth-order valence-electron chi connectivity index (χ4n) is 2.44. The Labute approximate surface area is 100 Å². The molecule has 0 spiro atoms. The van der Waals surface area contributed by atoms with Crippen molar-refractivity contribution in [3.8, 4) is 0 Å². The SMILES string of the molecule is Cc1ccc2c(c1)[nH]c(=S)n2C(C)C1CC1. The molecule has 0 bridgehead atoms. The van der Waals surface area contributed by atoms with E-state index in [-0.39, 0.29) is 0 Å². The van der Waals surface area contributed by atoms with Crippen molar-refractivity contribution in [3.05, 3.63) is 28.5 Å². The molecule has 3 heteroatoms. The third-order valence-corrected chi connectivity index (χ3v) is 3.88. The van der Waals surface area contributed by atoms with Gasteiger partial charge in [-0.25, -0.2) is 0 Å². The minimum atomic E-state index is 0.531. The number of nitrogens with zero attached hydrogens (tertiary/aromatic N) is 1. The molecule has 3 rings (SSSR count). The van der Waals surface area contributed by atoms with Gasteiger partial charge < -0.3 is 9.55 Å². The molecule has 1 heterocycles. The van der Waals surface area contributed by atoms with Crippen LogP contribution in [0.1, 0.15) is 31.4 Å². The summed E-state index contributed by atoms with van der Waals surface area (Å²) < 4.78 is 3.14. The minimum Gasteiger partial charge on any atom is -0.331 e. The van der Waals surface area contributed by atoms with Crippen LogP contribution in [-0.2, 0) is 0 Å². The largest absolute Gasteiger partial charge is 0.331 e. The van der Waals surface area contributed by atoms with Gasteiger partial charge in [0.15, 0.2) is 4.77 Å². The van der Waals surface area contributed by atoms with E-state index in [1.165, 1.54) is 23.9 Å². The molecule has 1 aromatic heterocycles. The maximum Gasteiger partial charge on any atom is 0.178 e. The van der Waals surface area contributed by atoms with Crippen LogP contribution in [0, 0.1) is 17.6 Å². The highest BCUT2D eigenvalue weighted by molar-refractivity contribution is 7.71. The van der Waals surface area contributed by atoms with Crippen LogP contribution in [-0.4, -0.2) is 9.55 Å². The molecule has 0 amide bonds. The topological polar surface area (TPSA) is 20.7 Å². The predicted molar refractivity (Wildman–Crippen MR) is 69.3 cm³/mol. The van der Waals surface area contributed by atoms with Gasteiger partial charge in [-0.15, -0.1) is 0 Å². The molecule has 2 aromatic rings. The Morgan fingerprint density at radius 3 is 2.88 bits per heavy atom. The van der Waals surface area contributed by atoms with Gasteiger partial charge >= 0.3 is 0 Å². The summed E-state index contributed by atoms with van der Waals surface area (Å²) in [5.74, 6) is 0.826. The predicted octanol–water partition coefficient (Wildman–Crippen LogP) is 3.98. The van der Waals surface area contributed by atoms with Crippen molar-refractivity contribution in [2.24, 2.45) is 5.92 Å².